The summed E-state index contributed by atoms with van der Waals surface area (Å²) in [5.41, 5.74) is 0.345. The van der Waals surface area contributed by atoms with Gasteiger partial charge in [-0.2, -0.15) is 0 Å². The Bertz CT molecular complexity index is 299. The second-order valence-corrected chi connectivity index (χ2v) is 7.88. The first-order valence-electron chi connectivity index (χ1n) is 8.21. The van der Waals surface area contributed by atoms with E-state index in [-0.39, 0.29) is 0 Å². The fraction of sp³-hybridized carbons (Fsp3) is 1.00. The second-order valence-electron chi connectivity index (χ2n) is 7.88. The van der Waals surface area contributed by atoms with Crippen LogP contribution in [0.4, 0.5) is 0 Å². The van der Waals surface area contributed by atoms with Gasteiger partial charge >= 0.3 is 0 Å². The quantitative estimate of drug-likeness (QED) is 0.814. The first kappa shape index (κ1) is 16.2. The largest absolute Gasteiger partial charge is 0.312 e. The van der Waals surface area contributed by atoms with Gasteiger partial charge in [0.1, 0.15) is 0 Å². The molecule has 0 spiro atoms. The van der Waals surface area contributed by atoms with Crippen molar-refractivity contribution >= 4 is 0 Å². The van der Waals surface area contributed by atoms with Crippen LogP contribution in [0.3, 0.4) is 0 Å². The van der Waals surface area contributed by atoms with Gasteiger partial charge in [0.15, 0.2) is 0 Å². The van der Waals surface area contributed by atoms with Crippen LogP contribution in [0, 0.1) is 5.41 Å². The fourth-order valence-corrected chi connectivity index (χ4v) is 3.34. The van der Waals surface area contributed by atoms with Crippen molar-refractivity contribution in [2.45, 2.75) is 39.3 Å². The van der Waals surface area contributed by atoms with Crippen LogP contribution in [0.1, 0.15) is 27.2 Å². The SMILES string of the molecule is CN1CCN(C)C(CN2CCCNC(C(C)(C)C)C2)C1. The summed E-state index contributed by atoms with van der Waals surface area (Å²) in [6.07, 6.45) is 1.28. The highest BCUT2D eigenvalue weighted by molar-refractivity contribution is 4.88. The molecule has 1 N–H and O–H groups in total. The van der Waals surface area contributed by atoms with Crippen LogP contribution in [-0.4, -0.2) is 86.7 Å². The lowest BCUT2D eigenvalue weighted by Gasteiger charge is -2.41. The molecule has 0 radical (unpaired) electrons. The number of rotatable bonds is 2. The molecule has 4 nitrogen and oxygen atoms in total. The minimum absolute atomic E-state index is 0.345. The number of likely N-dealkylation sites (N-methyl/N-ethyl adjacent to an activating group) is 2. The van der Waals surface area contributed by atoms with E-state index in [0.29, 0.717) is 17.5 Å². The van der Waals surface area contributed by atoms with E-state index in [1.165, 1.54) is 52.2 Å². The summed E-state index contributed by atoms with van der Waals surface area (Å²) in [6.45, 7) is 15.5. The maximum Gasteiger partial charge on any atom is 0.0347 e. The first-order chi connectivity index (χ1) is 9.36. The number of nitrogens with one attached hydrogen (secondary N) is 1. The zero-order chi connectivity index (χ0) is 14.8. The molecule has 118 valence electrons. The topological polar surface area (TPSA) is 21.8 Å². The summed E-state index contributed by atoms with van der Waals surface area (Å²) in [6, 6.07) is 1.30. The lowest BCUT2D eigenvalue weighted by atomic mass is 9.86. The van der Waals surface area contributed by atoms with Crippen molar-refractivity contribution in [1.82, 2.24) is 20.0 Å². The van der Waals surface area contributed by atoms with Crippen LogP contribution in [0.25, 0.3) is 0 Å². The van der Waals surface area contributed by atoms with Crippen molar-refractivity contribution in [3.63, 3.8) is 0 Å². The van der Waals surface area contributed by atoms with Crippen molar-refractivity contribution in [3.8, 4) is 0 Å². The monoisotopic (exact) mass is 282 g/mol. The van der Waals surface area contributed by atoms with Crippen molar-refractivity contribution in [3.05, 3.63) is 0 Å². The van der Waals surface area contributed by atoms with Crippen molar-refractivity contribution in [2.24, 2.45) is 5.41 Å². The molecule has 2 aliphatic rings. The van der Waals surface area contributed by atoms with Crippen LogP contribution in [0.15, 0.2) is 0 Å². The molecule has 2 fully saturated rings. The molecule has 2 atom stereocenters. The standard InChI is InChI=1S/C16H34N4/c1-16(2,3)15-13-20(8-6-7-17-15)12-14-11-18(4)9-10-19(14)5/h14-15,17H,6-13H2,1-5H3. The van der Waals surface area contributed by atoms with E-state index >= 15 is 0 Å². The normalized spacial score (nSPS) is 32.2. The smallest absolute Gasteiger partial charge is 0.0347 e. The minimum atomic E-state index is 0.345. The Balaban J connectivity index is 1.93. The summed E-state index contributed by atoms with van der Waals surface area (Å²) in [5.74, 6) is 0. The molecule has 2 heterocycles. The van der Waals surface area contributed by atoms with E-state index in [4.69, 9.17) is 0 Å². The second kappa shape index (κ2) is 6.73. The first-order valence-corrected chi connectivity index (χ1v) is 8.21. The van der Waals surface area contributed by atoms with Gasteiger partial charge in [0.2, 0.25) is 0 Å². The van der Waals surface area contributed by atoms with Gasteiger partial charge in [-0.05, 0) is 39.0 Å². The van der Waals surface area contributed by atoms with E-state index in [2.05, 4.69) is 54.9 Å². The third-order valence-corrected chi connectivity index (χ3v) is 4.98. The Kier molecular flexibility index (Phi) is 5.46. The highest BCUT2D eigenvalue weighted by Crippen LogP contribution is 2.22. The van der Waals surface area contributed by atoms with Gasteiger partial charge in [-0.3, -0.25) is 4.90 Å². The highest BCUT2D eigenvalue weighted by atomic mass is 15.3. The number of hydrogen-bond donors (Lipinski definition) is 1. The molecule has 0 saturated carbocycles. The zero-order valence-corrected chi connectivity index (χ0v) is 14.2. The molecule has 0 aromatic rings. The van der Waals surface area contributed by atoms with Crippen LogP contribution < -0.4 is 5.32 Å². The van der Waals surface area contributed by atoms with Crippen LogP contribution in [0.2, 0.25) is 0 Å². The number of nitrogens with zero attached hydrogens (tertiary/aromatic N) is 3. The van der Waals surface area contributed by atoms with Gasteiger partial charge in [-0.1, -0.05) is 20.8 Å². The molecule has 0 aromatic carbocycles. The van der Waals surface area contributed by atoms with Gasteiger partial charge in [0.05, 0.1) is 0 Å². The molecule has 2 unspecified atom stereocenters. The van der Waals surface area contributed by atoms with Gasteiger partial charge in [0, 0.05) is 44.8 Å². The predicted octanol–water partition coefficient (Wildman–Crippen LogP) is 0.942. The maximum atomic E-state index is 3.74. The molecule has 0 aromatic heterocycles. The Hall–Kier alpha value is -0.160. The van der Waals surface area contributed by atoms with E-state index in [9.17, 15) is 0 Å². The lowest BCUT2D eigenvalue weighted by molar-refractivity contribution is 0.0769. The molecule has 20 heavy (non-hydrogen) atoms. The summed E-state index contributed by atoms with van der Waals surface area (Å²) in [7, 11) is 4.54. The average Bonchev–Trinajstić information content (AvgIpc) is 2.59. The maximum absolute atomic E-state index is 3.74. The van der Waals surface area contributed by atoms with Crippen molar-refractivity contribution in [1.29, 1.82) is 0 Å². The van der Waals surface area contributed by atoms with Gasteiger partial charge in [0.25, 0.3) is 0 Å². The van der Waals surface area contributed by atoms with Crippen LogP contribution >= 0.6 is 0 Å². The molecule has 2 saturated heterocycles. The molecular formula is C16H34N4. The van der Waals surface area contributed by atoms with E-state index in [0.717, 1.165) is 0 Å². The van der Waals surface area contributed by atoms with Crippen molar-refractivity contribution < 1.29 is 0 Å². The van der Waals surface area contributed by atoms with Gasteiger partial charge < -0.3 is 15.1 Å². The minimum Gasteiger partial charge on any atom is -0.312 e. The molecule has 0 bridgehead atoms. The Labute approximate surface area is 125 Å². The molecule has 0 amide bonds. The summed E-state index contributed by atoms with van der Waals surface area (Å²) in [5, 5.41) is 3.74. The fourth-order valence-electron chi connectivity index (χ4n) is 3.34. The Morgan fingerprint density at radius 3 is 2.50 bits per heavy atom. The summed E-state index contributed by atoms with van der Waals surface area (Å²) >= 11 is 0. The summed E-state index contributed by atoms with van der Waals surface area (Å²) < 4.78 is 0. The van der Waals surface area contributed by atoms with Crippen LogP contribution in [-0.2, 0) is 0 Å². The number of piperazine rings is 1. The van der Waals surface area contributed by atoms with E-state index in [1.807, 2.05) is 0 Å². The third-order valence-electron chi connectivity index (χ3n) is 4.98. The Morgan fingerprint density at radius 1 is 1.05 bits per heavy atom. The van der Waals surface area contributed by atoms with E-state index in [1.54, 1.807) is 0 Å². The summed E-state index contributed by atoms with van der Waals surface area (Å²) in [4.78, 5) is 7.71. The zero-order valence-electron chi connectivity index (χ0n) is 14.2. The average molecular weight is 282 g/mol. The van der Waals surface area contributed by atoms with Crippen LogP contribution in [0.5, 0.6) is 0 Å². The molecule has 2 aliphatic heterocycles. The molecule has 2 rings (SSSR count). The van der Waals surface area contributed by atoms with Gasteiger partial charge in [-0.25, -0.2) is 0 Å². The molecule has 0 aliphatic carbocycles. The third kappa shape index (κ3) is 4.42. The number of hydrogen-bond acceptors (Lipinski definition) is 4. The van der Waals surface area contributed by atoms with Crippen molar-refractivity contribution in [2.75, 3.05) is 59.9 Å². The molecular weight excluding hydrogens is 248 g/mol. The lowest BCUT2D eigenvalue weighted by Crippen LogP contribution is -2.55. The predicted molar refractivity (Wildman–Crippen MR) is 86.2 cm³/mol. The van der Waals surface area contributed by atoms with Gasteiger partial charge in [-0.15, -0.1) is 0 Å². The highest BCUT2D eigenvalue weighted by Gasteiger charge is 2.30. The van der Waals surface area contributed by atoms with E-state index < -0.39 is 0 Å². The molecule has 4 heteroatoms. The Morgan fingerprint density at radius 2 is 1.80 bits per heavy atom.